The van der Waals surface area contributed by atoms with Crippen LogP contribution in [0.25, 0.3) is 0 Å². The maximum Gasteiger partial charge on any atom is 0.223 e. The second kappa shape index (κ2) is 5.30. The van der Waals surface area contributed by atoms with E-state index in [0.29, 0.717) is 19.0 Å². The van der Waals surface area contributed by atoms with Gasteiger partial charge in [0.2, 0.25) is 15.9 Å². The van der Waals surface area contributed by atoms with Crippen molar-refractivity contribution in [1.29, 1.82) is 0 Å². The molecule has 0 spiro atoms. The summed E-state index contributed by atoms with van der Waals surface area (Å²) in [6.45, 7) is 1.02. The first kappa shape index (κ1) is 14.3. The van der Waals surface area contributed by atoms with Crippen molar-refractivity contribution >= 4 is 15.9 Å². The third-order valence-electron chi connectivity index (χ3n) is 5.27. The van der Waals surface area contributed by atoms with Crippen LogP contribution in [0.4, 0.5) is 0 Å². The molecule has 3 fully saturated rings. The number of carbonyl (C=O) groups excluding carboxylic acids is 1. The molecule has 6 heteroatoms. The molecule has 3 aliphatic rings. The van der Waals surface area contributed by atoms with Crippen molar-refractivity contribution in [2.75, 3.05) is 19.3 Å². The number of nitrogens with one attached hydrogen (secondary N) is 1. The Bertz CT molecular complexity index is 491. The molecule has 4 atom stereocenters. The summed E-state index contributed by atoms with van der Waals surface area (Å²) < 4.78 is 24.7. The second-order valence-electron chi connectivity index (χ2n) is 6.75. The SMILES string of the molecule is CS(=O)(=O)N1CCCC(NC(=O)C2CC3CCC2C3)C1. The van der Waals surface area contributed by atoms with E-state index >= 15 is 0 Å². The van der Waals surface area contributed by atoms with Gasteiger partial charge in [-0.2, -0.15) is 0 Å². The summed E-state index contributed by atoms with van der Waals surface area (Å²) >= 11 is 0. The Kier molecular flexibility index (Phi) is 3.79. The number of hydrogen-bond acceptors (Lipinski definition) is 3. The molecule has 1 amide bonds. The van der Waals surface area contributed by atoms with Crippen LogP contribution in [0.1, 0.15) is 38.5 Å². The molecule has 2 bridgehead atoms. The number of hydrogen-bond donors (Lipinski definition) is 1. The molecule has 5 nitrogen and oxygen atoms in total. The van der Waals surface area contributed by atoms with Gasteiger partial charge in [-0.1, -0.05) is 6.42 Å². The smallest absolute Gasteiger partial charge is 0.223 e. The number of piperidine rings is 1. The summed E-state index contributed by atoms with van der Waals surface area (Å²) in [6.07, 6.45) is 7.71. The van der Waals surface area contributed by atoms with Gasteiger partial charge in [-0.25, -0.2) is 12.7 Å². The Morgan fingerprint density at radius 2 is 2.00 bits per heavy atom. The molecule has 1 saturated heterocycles. The molecule has 0 radical (unpaired) electrons. The van der Waals surface area contributed by atoms with Crippen molar-refractivity contribution < 1.29 is 13.2 Å². The zero-order valence-corrected chi connectivity index (χ0v) is 12.9. The Labute approximate surface area is 121 Å². The maximum atomic E-state index is 12.4. The van der Waals surface area contributed by atoms with Crippen molar-refractivity contribution in [2.45, 2.75) is 44.6 Å². The van der Waals surface area contributed by atoms with Gasteiger partial charge in [0.25, 0.3) is 0 Å². The van der Waals surface area contributed by atoms with E-state index in [9.17, 15) is 13.2 Å². The molecule has 3 rings (SSSR count). The summed E-state index contributed by atoms with van der Waals surface area (Å²) in [5.74, 6) is 1.68. The van der Waals surface area contributed by atoms with Crippen LogP contribution in [0, 0.1) is 17.8 Å². The summed E-state index contributed by atoms with van der Waals surface area (Å²) in [5, 5.41) is 3.10. The standard InChI is InChI=1S/C14H24N2O3S/c1-20(18,19)16-6-2-3-12(9-16)15-14(17)13-8-10-4-5-11(13)7-10/h10-13H,2-9H2,1H3,(H,15,17). The molecule has 0 aromatic rings. The average Bonchev–Trinajstić information content (AvgIpc) is 3.00. The van der Waals surface area contributed by atoms with Gasteiger partial charge in [-0.05, 0) is 43.9 Å². The zero-order valence-electron chi connectivity index (χ0n) is 12.0. The quantitative estimate of drug-likeness (QED) is 0.844. The average molecular weight is 300 g/mol. The Balaban J connectivity index is 1.56. The number of nitrogens with zero attached hydrogens (tertiary/aromatic N) is 1. The van der Waals surface area contributed by atoms with Gasteiger partial charge in [0, 0.05) is 25.0 Å². The highest BCUT2D eigenvalue weighted by molar-refractivity contribution is 7.88. The molecule has 2 aliphatic carbocycles. The maximum absolute atomic E-state index is 12.4. The largest absolute Gasteiger partial charge is 0.352 e. The van der Waals surface area contributed by atoms with E-state index in [0.717, 1.165) is 25.2 Å². The molecule has 20 heavy (non-hydrogen) atoms. The zero-order chi connectivity index (χ0) is 14.3. The number of sulfonamides is 1. The summed E-state index contributed by atoms with van der Waals surface area (Å²) in [7, 11) is -3.14. The lowest BCUT2D eigenvalue weighted by Gasteiger charge is -2.32. The lowest BCUT2D eigenvalue weighted by molar-refractivity contribution is -0.127. The topological polar surface area (TPSA) is 66.5 Å². The Morgan fingerprint density at radius 3 is 2.60 bits per heavy atom. The fourth-order valence-corrected chi connectivity index (χ4v) is 5.15. The number of fused-ring (bicyclic) bond motifs is 2. The lowest BCUT2D eigenvalue weighted by Crippen LogP contribution is -2.50. The van der Waals surface area contributed by atoms with Gasteiger partial charge in [-0.3, -0.25) is 4.79 Å². The van der Waals surface area contributed by atoms with Crippen molar-refractivity contribution in [3.05, 3.63) is 0 Å². The van der Waals surface area contributed by atoms with E-state index < -0.39 is 10.0 Å². The molecule has 114 valence electrons. The van der Waals surface area contributed by atoms with Crippen LogP contribution in [0.2, 0.25) is 0 Å². The lowest BCUT2D eigenvalue weighted by atomic mass is 9.88. The second-order valence-corrected chi connectivity index (χ2v) is 8.73. The van der Waals surface area contributed by atoms with Crippen LogP contribution in [0.5, 0.6) is 0 Å². The Morgan fingerprint density at radius 1 is 1.20 bits per heavy atom. The van der Waals surface area contributed by atoms with E-state index in [2.05, 4.69) is 5.32 Å². The highest BCUT2D eigenvalue weighted by atomic mass is 32.2. The van der Waals surface area contributed by atoms with E-state index in [-0.39, 0.29) is 17.9 Å². The minimum atomic E-state index is -3.14. The first-order valence-electron chi connectivity index (χ1n) is 7.69. The molecule has 1 aliphatic heterocycles. The third-order valence-corrected chi connectivity index (χ3v) is 6.54. The monoisotopic (exact) mass is 300 g/mol. The molecule has 0 aromatic heterocycles. The highest BCUT2D eigenvalue weighted by Gasteiger charge is 2.43. The molecular weight excluding hydrogens is 276 g/mol. The first-order valence-corrected chi connectivity index (χ1v) is 9.54. The van der Waals surface area contributed by atoms with Crippen molar-refractivity contribution in [1.82, 2.24) is 9.62 Å². The minimum Gasteiger partial charge on any atom is -0.352 e. The number of rotatable bonds is 3. The molecule has 1 N–H and O–H groups in total. The van der Waals surface area contributed by atoms with Crippen molar-refractivity contribution in [3.8, 4) is 0 Å². The third kappa shape index (κ3) is 2.86. The van der Waals surface area contributed by atoms with Crippen LogP contribution in [0.3, 0.4) is 0 Å². The van der Waals surface area contributed by atoms with E-state index in [4.69, 9.17) is 0 Å². The van der Waals surface area contributed by atoms with Gasteiger partial charge in [0.15, 0.2) is 0 Å². The predicted molar refractivity (Wildman–Crippen MR) is 76.5 cm³/mol. The first-order chi connectivity index (χ1) is 9.43. The molecule has 0 aromatic carbocycles. The van der Waals surface area contributed by atoms with Crippen LogP contribution in [-0.4, -0.2) is 44.0 Å². The van der Waals surface area contributed by atoms with Gasteiger partial charge >= 0.3 is 0 Å². The van der Waals surface area contributed by atoms with Crippen LogP contribution >= 0.6 is 0 Å². The van der Waals surface area contributed by atoms with Crippen molar-refractivity contribution in [3.63, 3.8) is 0 Å². The summed E-state index contributed by atoms with van der Waals surface area (Å²) in [4.78, 5) is 12.4. The van der Waals surface area contributed by atoms with E-state index in [1.54, 1.807) is 0 Å². The molecule has 1 heterocycles. The van der Waals surface area contributed by atoms with Gasteiger partial charge < -0.3 is 5.32 Å². The van der Waals surface area contributed by atoms with Gasteiger partial charge in [0.05, 0.1) is 6.26 Å². The van der Waals surface area contributed by atoms with Crippen molar-refractivity contribution in [2.24, 2.45) is 17.8 Å². The molecular formula is C14H24N2O3S. The van der Waals surface area contributed by atoms with Crippen LogP contribution in [0.15, 0.2) is 0 Å². The predicted octanol–water partition coefficient (Wildman–Crippen LogP) is 0.963. The minimum absolute atomic E-state index is 0.00917. The number of carbonyl (C=O) groups is 1. The Hall–Kier alpha value is -0.620. The van der Waals surface area contributed by atoms with Gasteiger partial charge in [-0.15, -0.1) is 0 Å². The number of amides is 1. The molecule has 4 unspecified atom stereocenters. The molecule has 2 saturated carbocycles. The summed E-state index contributed by atoms with van der Waals surface area (Å²) in [5.41, 5.74) is 0. The van der Waals surface area contributed by atoms with Crippen LogP contribution in [-0.2, 0) is 14.8 Å². The van der Waals surface area contributed by atoms with Crippen LogP contribution < -0.4 is 5.32 Å². The highest BCUT2D eigenvalue weighted by Crippen LogP contribution is 2.48. The van der Waals surface area contributed by atoms with Gasteiger partial charge in [0.1, 0.15) is 0 Å². The van der Waals surface area contributed by atoms with E-state index in [1.807, 2.05) is 0 Å². The fourth-order valence-electron chi connectivity index (χ4n) is 4.24. The van der Waals surface area contributed by atoms with E-state index in [1.165, 1.54) is 29.8 Å². The normalized spacial score (nSPS) is 38.0. The fraction of sp³-hybridized carbons (Fsp3) is 0.929. The summed E-state index contributed by atoms with van der Waals surface area (Å²) in [6, 6.07) is -0.00917.